The lowest BCUT2D eigenvalue weighted by Crippen LogP contribution is -2.44. The first-order valence-corrected chi connectivity index (χ1v) is 4.90. The summed E-state index contributed by atoms with van der Waals surface area (Å²) in [5.74, 6) is -0.480. The molecule has 3 atom stereocenters. The highest BCUT2D eigenvalue weighted by molar-refractivity contribution is 6.10. The first kappa shape index (κ1) is 9.65. The van der Waals surface area contributed by atoms with Crippen molar-refractivity contribution in [2.75, 3.05) is 6.61 Å². The van der Waals surface area contributed by atoms with Crippen LogP contribution in [0.5, 0.6) is 0 Å². The van der Waals surface area contributed by atoms with Gasteiger partial charge in [-0.3, -0.25) is 14.5 Å². The van der Waals surface area contributed by atoms with Crippen molar-refractivity contribution in [3.05, 3.63) is 0 Å². The third-order valence-electron chi connectivity index (χ3n) is 3.54. The molecule has 0 aromatic rings. The summed E-state index contributed by atoms with van der Waals surface area (Å²) in [6, 6.07) is -0.376. The van der Waals surface area contributed by atoms with Gasteiger partial charge in [-0.15, -0.1) is 0 Å². The minimum Gasteiger partial charge on any atom is -0.394 e. The van der Waals surface area contributed by atoms with Crippen molar-refractivity contribution in [1.82, 2.24) is 4.90 Å². The van der Waals surface area contributed by atoms with Gasteiger partial charge < -0.3 is 5.11 Å². The summed E-state index contributed by atoms with van der Waals surface area (Å²) >= 11 is 0. The van der Waals surface area contributed by atoms with Crippen molar-refractivity contribution in [3.63, 3.8) is 0 Å². The van der Waals surface area contributed by atoms with E-state index in [0.29, 0.717) is 0 Å². The lowest BCUT2D eigenvalue weighted by atomic mass is 10.0. The Balaban J connectivity index is 2.22. The van der Waals surface area contributed by atoms with Crippen LogP contribution < -0.4 is 0 Å². The molecule has 1 aliphatic heterocycles. The van der Waals surface area contributed by atoms with Crippen molar-refractivity contribution in [1.29, 1.82) is 0 Å². The van der Waals surface area contributed by atoms with Gasteiger partial charge in [0.15, 0.2) is 0 Å². The quantitative estimate of drug-likeness (QED) is 0.634. The van der Waals surface area contributed by atoms with Crippen LogP contribution in [0.4, 0.5) is 0 Å². The molecule has 4 heteroatoms. The number of amides is 2. The molecule has 0 aromatic carbocycles. The van der Waals surface area contributed by atoms with Gasteiger partial charge in [0.1, 0.15) is 0 Å². The van der Waals surface area contributed by atoms with Crippen LogP contribution in [0.15, 0.2) is 0 Å². The minimum atomic E-state index is -0.376. The van der Waals surface area contributed by atoms with Crippen LogP contribution in [0.1, 0.15) is 20.8 Å². The van der Waals surface area contributed by atoms with Crippen LogP contribution in [0.2, 0.25) is 0 Å². The zero-order valence-corrected chi connectivity index (χ0v) is 8.65. The van der Waals surface area contributed by atoms with Crippen molar-refractivity contribution in [2.24, 2.45) is 17.3 Å². The Labute approximate surface area is 82.9 Å². The largest absolute Gasteiger partial charge is 0.394 e. The molecule has 4 nitrogen and oxygen atoms in total. The fourth-order valence-corrected chi connectivity index (χ4v) is 2.48. The molecule has 2 rings (SSSR count). The molecule has 3 unspecified atom stereocenters. The molecule has 1 heterocycles. The second-order valence-corrected chi connectivity index (χ2v) is 4.85. The molecule has 2 fully saturated rings. The summed E-state index contributed by atoms with van der Waals surface area (Å²) in [6.45, 7) is 5.42. The Bertz CT molecular complexity index is 286. The van der Waals surface area contributed by atoms with Crippen molar-refractivity contribution >= 4 is 11.8 Å². The Kier molecular flexibility index (Phi) is 1.77. The highest BCUT2D eigenvalue weighted by atomic mass is 16.3. The minimum absolute atomic E-state index is 0.105. The van der Waals surface area contributed by atoms with Crippen LogP contribution in [-0.2, 0) is 9.59 Å². The average molecular weight is 197 g/mol. The lowest BCUT2D eigenvalue weighted by molar-refractivity contribution is -0.146. The highest BCUT2D eigenvalue weighted by Gasteiger charge is 2.72. The zero-order chi connectivity index (χ0) is 10.7. The Morgan fingerprint density at radius 2 is 1.79 bits per heavy atom. The Hall–Kier alpha value is -0.900. The summed E-state index contributed by atoms with van der Waals surface area (Å²) in [4.78, 5) is 24.8. The van der Waals surface area contributed by atoms with Gasteiger partial charge in [0, 0.05) is 0 Å². The number of carbonyl (C=O) groups is 2. The number of hydrogen-bond donors (Lipinski definition) is 1. The molecule has 0 spiro atoms. The predicted molar refractivity (Wildman–Crippen MR) is 49.2 cm³/mol. The van der Waals surface area contributed by atoms with Crippen molar-refractivity contribution in [2.45, 2.75) is 26.8 Å². The zero-order valence-electron chi connectivity index (χ0n) is 8.65. The Morgan fingerprint density at radius 1 is 1.36 bits per heavy atom. The van der Waals surface area contributed by atoms with E-state index in [0.717, 1.165) is 0 Å². The van der Waals surface area contributed by atoms with Crippen LogP contribution in [0.3, 0.4) is 0 Å². The standard InChI is InChI=1S/C10H15NO3/c1-5(4-12)11-8(13)6-7(9(11)14)10(6,2)3/h5-7,12H,4H2,1-3H3. The molecular weight excluding hydrogens is 182 g/mol. The van der Waals surface area contributed by atoms with Gasteiger partial charge in [-0.05, 0) is 12.3 Å². The molecule has 1 saturated carbocycles. The molecule has 1 aliphatic carbocycles. The monoisotopic (exact) mass is 197 g/mol. The number of aliphatic hydroxyl groups excluding tert-OH is 1. The van der Waals surface area contributed by atoms with Crippen LogP contribution in [0.25, 0.3) is 0 Å². The molecule has 14 heavy (non-hydrogen) atoms. The maximum absolute atomic E-state index is 11.8. The SMILES string of the molecule is CC(CO)N1C(=O)C2C(C1=O)C2(C)C. The maximum Gasteiger partial charge on any atom is 0.234 e. The second-order valence-electron chi connectivity index (χ2n) is 4.85. The van der Waals surface area contributed by atoms with E-state index in [9.17, 15) is 9.59 Å². The lowest BCUT2D eigenvalue weighted by Gasteiger charge is -2.25. The molecule has 78 valence electrons. The molecule has 2 amide bonds. The molecule has 0 radical (unpaired) electrons. The van der Waals surface area contributed by atoms with Crippen molar-refractivity contribution < 1.29 is 14.7 Å². The van der Waals surface area contributed by atoms with E-state index < -0.39 is 0 Å². The number of fused-ring (bicyclic) bond motifs is 1. The maximum atomic E-state index is 11.8. The van der Waals surface area contributed by atoms with Gasteiger partial charge in [0.05, 0.1) is 24.5 Å². The van der Waals surface area contributed by atoms with E-state index >= 15 is 0 Å². The van der Waals surface area contributed by atoms with Gasteiger partial charge in [-0.25, -0.2) is 0 Å². The Morgan fingerprint density at radius 3 is 2.14 bits per heavy atom. The van der Waals surface area contributed by atoms with Crippen LogP contribution >= 0.6 is 0 Å². The summed E-state index contributed by atoms with van der Waals surface area (Å²) in [6.07, 6.45) is 0. The smallest absolute Gasteiger partial charge is 0.234 e. The number of nitrogens with zero attached hydrogens (tertiary/aromatic N) is 1. The van der Waals surface area contributed by atoms with Gasteiger partial charge in [0.2, 0.25) is 11.8 Å². The van der Waals surface area contributed by atoms with Crippen LogP contribution in [-0.4, -0.2) is 34.5 Å². The number of aliphatic hydroxyl groups is 1. The van der Waals surface area contributed by atoms with Gasteiger partial charge in [-0.2, -0.15) is 0 Å². The molecule has 1 N–H and O–H groups in total. The van der Waals surface area contributed by atoms with E-state index in [2.05, 4.69) is 0 Å². The van der Waals surface area contributed by atoms with Crippen molar-refractivity contribution in [3.8, 4) is 0 Å². The summed E-state index contributed by atoms with van der Waals surface area (Å²) < 4.78 is 0. The number of rotatable bonds is 2. The third-order valence-corrected chi connectivity index (χ3v) is 3.54. The number of carbonyl (C=O) groups excluding carboxylic acids is 2. The van der Waals surface area contributed by atoms with Crippen LogP contribution in [0, 0.1) is 17.3 Å². The van der Waals surface area contributed by atoms with Gasteiger partial charge in [0.25, 0.3) is 0 Å². The van der Waals surface area contributed by atoms with E-state index in [1.165, 1.54) is 4.90 Å². The average Bonchev–Trinajstić information content (AvgIpc) is 2.55. The molecule has 0 aromatic heterocycles. The number of piperidine rings is 1. The molecule has 1 saturated heterocycles. The van der Waals surface area contributed by atoms with Gasteiger partial charge in [-0.1, -0.05) is 13.8 Å². The van der Waals surface area contributed by atoms with E-state index in [4.69, 9.17) is 5.11 Å². The first-order valence-electron chi connectivity index (χ1n) is 4.90. The van der Waals surface area contributed by atoms with E-state index in [-0.39, 0.29) is 41.7 Å². The fourth-order valence-electron chi connectivity index (χ4n) is 2.48. The molecule has 0 bridgehead atoms. The number of likely N-dealkylation sites (tertiary alicyclic amines) is 1. The topological polar surface area (TPSA) is 57.6 Å². The number of imide groups is 1. The van der Waals surface area contributed by atoms with E-state index in [1.54, 1.807) is 6.92 Å². The third kappa shape index (κ3) is 0.919. The van der Waals surface area contributed by atoms with E-state index in [1.807, 2.05) is 13.8 Å². The number of hydrogen-bond acceptors (Lipinski definition) is 3. The second kappa shape index (κ2) is 2.57. The normalized spacial score (nSPS) is 35.9. The molecule has 2 aliphatic rings. The fraction of sp³-hybridized carbons (Fsp3) is 0.800. The summed E-state index contributed by atoms with van der Waals surface area (Å²) in [5, 5.41) is 8.92. The summed E-state index contributed by atoms with van der Waals surface area (Å²) in [7, 11) is 0. The first-order chi connectivity index (χ1) is 6.42. The molecular formula is C10H15NO3. The summed E-state index contributed by atoms with van der Waals surface area (Å²) in [5.41, 5.74) is -0.153. The predicted octanol–water partition coefficient (Wildman–Crippen LogP) is 0.00820. The van der Waals surface area contributed by atoms with Gasteiger partial charge >= 0.3 is 0 Å². The highest BCUT2D eigenvalue weighted by Crippen LogP contribution is 2.63.